The number of hydrogen-bond donors (Lipinski definition) is 1. The second-order valence-corrected chi connectivity index (χ2v) is 5.40. The quantitative estimate of drug-likeness (QED) is 0.616. The predicted molar refractivity (Wildman–Crippen MR) is 91.2 cm³/mol. The number of nitrogens with two attached hydrogens (primary N) is 1. The van der Waals surface area contributed by atoms with E-state index in [2.05, 4.69) is 35.1 Å². The molecule has 112 valence electrons. The molecule has 0 spiro atoms. The Balaban J connectivity index is 2.07. The normalized spacial score (nSPS) is 11.0. The van der Waals surface area contributed by atoms with Gasteiger partial charge in [0, 0.05) is 11.8 Å². The van der Waals surface area contributed by atoms with E-state index in [-0.39, 0.29) is 5.95 Å². The van der Waals surface area contributed by atoms with Crippen molar-refractivity contribution < 1.29 is 0 Å². The molecule has 2 N–H and O–H groups in total. The van der Waals surface area contributed by atoms with Crippen LogP contribution in [0, 0.1) is 6.92 Å². The highest BCUT2D eigenvalue weighted by atomic mass is 15.2. The minimum atomic E-state index is 0.246. The zero-order valence-electron chi connectivity index (χ0n) is 12.6. The first-order valence-corrected chi connectivity index (χ1v) is 7.36. The minimum Gasteiger partial charge on any atom is -0.368 e. The Bertz CT molecular complexity index is 989. The van der Waals surface area contributed by atoms with Gasteiger partial charge < -0.3 is 5.73 Å². The molecule has 0 saturated carbocycles. The van der Waals surface area contributed by atoms with Crippen LogP contribution in [0.5, 0.6) is 0 Å². The molecule has 4 aromatic rings. The van der Waals surface area contributed by atoms with Crippen LogP contribution in [0.1, 0.15) is 5.56 Å². The van der Waals surface area contributed by atoms with Crippen LogP contribution in [0.3, 0.4) is 0 Å². The fourth-order valence-corrected chi connectivity index (χ4v) is 2.69. The van der Waals surface area contributed by atoms with Gasteiger partial charge in [-0.3, -0.25) is 4.57 Å². The highest BCUT2D eigenvalue weighted by molar-refractivity contribution is 5.83. The number of nitrogen functional groups attached to an aromatic ring is 1. The average molecular weight is 301 g/mol. The Morgan fingerprint density at radius 3 is 2.57 bits per heavy atom. The number of benzene rings is 2. The molecule has 0 radical (unpaired) electrons. The van der Waals surface area contributed by atoms with Gasteiger partial charge in [-0.2, -0.15) is 4.98 Å². The third kappa shape index (κ3) is 2.32. The van der Waals surface area contributed by atoms with Crippen molar-refractivity contribution in [2.24, 2.45) is 0 Å². The van der Waals surface area contributed by atoms with Gasteiger partial charge in [-0.15, -0.1) is 0 Å². The molecule has 2 aromatic heterocycles. The number of aryl methyl sites for hydroxylation is 1. The van der Waals surface area contributed by atoms with Crippen molar-refractivity contribution in [2.45, 2.75) is 6.92 Å². The highest BCUT2D eigenvalue weighted by Gasteiger charge is 2.15. The molecule has 5 nitrogen and oxygen atoms in total. The van der Waals surface area contributed by atoms with E-state index in [0.29, 0.717) is 5.82 Å². The number of aromatic nitrogens is 4. The zero-order valence-corrected chi connectivity index (χ0v) is 12.6. The maximum atomic E-state index is 5.77. The first-order valence-electron chi connectivity index (χ1n) is 7.36. The van der Waals surface area contributed by atoms with Crippen molar-refractivity contribution >= 4 is 17.0 Å². The maximum absolute atomic E-state index is 5.77. The summed E-state index contributed by atoms with van der Waals surface area (Å²) < 4.78 is 2.02. The first-order chi connectivity index (χ1) is 11.2. The van der Waals surface area contributed by atoms with Gasteiger partial charge in [-0.25, -0.2) is 9.97 Å². The fraction of sp³-hybridized carbons (Fsp3) is 0.0556. The van der Waals surface area contributed by atoms with Crippen LogP contribution in [-0.2, 0) is 0 Å². The lowest BCUT2D eigenvalue weighted by molar-refractivity contribution is 1.01. The molecule has 0 unspecified atom stereocenters. The van der Waals surface area contributed by atoms with Crippen molar-refractivity contribution in [2.75, 3.05) is 5.73 Å². The summed E-state index contributed by atoms with van der Waals surface area (Å²) >= 11 is 0. The summed E-state index contributed by atoms with van der Waals surface area (Å²) in [5, 5.41) is 0. The fourth-order valence-electron chi connectivity index (χ4n) is 2.69. The van der Waals surface area contributed by atoms with Crippen molar-refractivity contribution in [3.8, 4) is 17.2 Å². The van der Waals surface area contributed by atoms with E-state index < -0.39 is 0 Å². The summed E-state index contributed by atoms with van der Waals surface area (Å²) in [5.41, 5.74) is 9.89. The maximum Gasteiger partial charge on any atom is 0.221 e. The number of imidazole rings is 1. The Hall–Kier alpha value is -3.21. The predicted octanol–water partition coefficient (Wildman–Crippen LogP) is 3.37. The number of nitrogens with zero attached hydrogens (tertiary/aromatic N) is 4. The second-order valence-electron chi connectivity index (χ2n) is 5.40. The van der Waals surface area contributed by atoms with Crippen molar-refractivity contribution in [3.63, 3.8) is 0 Å². The summed E-state index contributed by atoms with van der Waals surface area (Å²) in [6.45, 7) is 2.06. The minimum absolute atomic E-state index is 0.246. The van der Waals surface area contributed by atoms with Gasteiger partial charge in [0.15, 0.2) is 0 Å². The summed E-state index contributed by atoms with van der Waals surface area (Å²) in [4.78, 5) is 13.2. The molecular weight excluding hydrogens is 286 g/mol. The van der Waals surface area contributed by atoms with Crippen molar-refractivity contribution in [3.05, 3.63) is 66.4 Å². The summed E-state index contributed by atoms with van der Waals surface area (Å²) in [6, 6.07) is 18.1. The number of rotatable bonds is 2. The molecule has 0 saturated heterocycles. The van der Waals surface area contributed by atoms with Gasteiger partial charge >= 0.3 is 0 Å². The van der Waals surface area contributed by atoms with Crippen LogP contribution in [0.25, 0.3) is 28.2 Å². The zero-order chi connectivity index (χ0) is 15.8. The molecule has 23 heavy (non-hydrogen) atoms. The lowest BCUT2D eigenvalue weighted by Crippen LogP contribution is -2.03. The van der Waals surface area contributed by atoms with E-state index in [0.717, 1.165) is 22.4 Å². The van der Waals surface area contributed by atoms with E-state index in [1.54, 1.807) is 6.20 Å². The topological polar surface area (TPSA) is 69.6 Å². The van der Waals surface area contributed by atoms with Gasteiger partial charge in [0.05, 0.1) is 11.0 Å². The highest BCUT2D eigenvalue weighted by Crippen LogP contribution is 2.28. The smallest absolute Gasteiger partial charge is 0.221 e. The first kappa shape index (κ1) is 13.5. The van der Waals surface area contributed by atoms with Gasteiger partial charge in [-0.1, -0.05) is 36.4 Å². The molecule has 0 aliphatic heterocycles. The van der Waals surface area contributed by atoms with E-state index in [1.807, 2.05) is 41.0 Å². The molecule has 0 bridgehead atoms. The van der Waals surface area contributed by atoms with Crippen LogP contribution in [-0.4, -0.2) is 19.5 Å². The summed E-state index contributed by atoms with van der Waals surface area (Å²) in [7, 11) is 0. The van der Waals surface area contributed by atoms with Crippen molar-refractivity contribution in [1.29, 1.82) is 0 Å². The van der Waals surface area contributed by atoms with Crippen LogP contribution in [0.2, 0.25) is 0 Å². The van der Waals surface area contributed by atoms with Crippen molar-refractivity contribution in [1.82, 2.24) is 19.5 Å². The largest absolute Gasteiger partial charge is 0.368 e. The van der Waals surface area contributed by atoms with E-state index in [1.165, 1.54) is 5.56 Å². The molecular formula is C18H15N5. The summed E-state index contributed by atoms with van der Waals surface area (Å²) in [5.74, 6) is 1.79. The monoisotopic (exact) mass is 301 g/mol. The van der Waals surface area contributed by atoms with E-state index in [9.17, 15) is 0 Å². The van der Waals surface area contributed by atoms with Gasteiger partial charge in [0.1, 0.15) is 11.6 Å². The lowest BCUT2D eigenvalue weighted by atomic mass is 10.2. The number of fused-ring (bicyclic) bond motifs is 1. The number of anilines is 1. The summed E-state index contributed by atoms with van der Waals surface area (Å²) in [6.07, 6.45) is 1.66. The average Bonchev–Trinajstić information content (AvgIpc) is 2.94. The number of hydrogen-bond acceptors (Lipinski definition) is 4. The second kappa shape index (κ2) is 5.21. The molecule has 0 fully saturated rings. The van der Waals surface area contributed by atoms with Gasteiger partial charge in [0.25, 0.3) is 0 Å². The standard InChI is InChI=1S/C18H15N5/c1-12-7-8-15-14(11-12)21-17(13-5-3-2-4-6-13)23(15)16-9-10-20-18(19)22-16/h2-11H,1H3,(H2,19,20,22). The molecule has 2 aromatic carbocycles. The molecule has 0 amide bonds. The molecule has 0 aliphatic rings. The molecule has 2 heterocycles. The Morgan fingerprint density at radius 2 is 1.78 bits per heavy atom. The van der Waals surface area contributed by atoms with Crippen LogP contribution >= 0.6 is 0 Å². The van der Waals surface area contributed by atoms with Gasteiger partial charge in [0.2, 0.25) is 5.95 Å². The Kier molecular flexibility index (Phi) is 3.05. The molecule has 0 aliphatic carbocycles. The van der Waals surface area contributed by atoms with Crippen LogP contribution in [0.4, 0.5) is 5.95 Å². The molecule has 4 rings (SSSR count). The van der Waals surface area contributed by atoms with Gasteiger partial charge in [-0.05, 0) is 30.7 Å². The molecule has 5 heteroatoms. The third-order valence-electron chi connectivity index (χ3n) is 3.73. The van der Waals surface area contributed by atoms with Crippen LogP contribution < -0.4 is 5.73 Å². The Labute approximate surface area is 133 Å². The Morgan fingerprint density at radius 1 is 0.957 bits per heavy atom. The third-order valence-corrected chi connectivity index (χ3v) is 3.73. The van der Waals surface area contributed by atoms with Crippen LogP contribution in [0.15, 0.2) is 60.8 Å². The SMILES string of the molecule is Cc1ccc2c(c1)nc(-c1ccccc1)n2-c1ccnc(N)n1. The molecule has 0 atom stereocenters. The lowest BCUT2D eigenvalue weighted by Gasteiger charge is -2.08. The van der Waals surface area contributed by atoms with E-state index in [4.69, 9.17) is 10.7 Å². The van der Waals surface area contributed by atoms with E-state index >= 15 is 0 Å².